The van der Waals surface area contributed by atoms with Crippen molar-refractivity contribution in [1.29, 1.82) is 0 Å². The van der Waals surface area contributed by atoms with Crippen LogP contribution in [0.25, 0.3) is 0 Å². The van der Waals surface area contributed by atoms with E-state index >= 15 is 0 Å². The van der Waals surface area contributed by atoms with Crippen molar-refractivity contribution in [2.75, 3.05) is 0 Å². The minimum absolute atomic E-state index is 0.222. The third-order valence-electron chi connectivity index (χ3n) is 4.45. The van der Waals surface area contributed by atoms with Gasteiger partial charge in [0, 0.05) is 24.5 Å². The Balaban J connectivity index is 1.98. The number of aromatic nitrogens is 2. The quantitative estimate of drug-likeness (QED) is 0.668. The second kappa shape index (κ2) is 7.84. The summed E-state index contributed by atoms with van der Waals surface area (Å²) in [4.78, 5) is 4.56. The van der Waals surface area contributed by atoms with Gasteiger partial charge in [0.1, 0.15) is 11.9 Å². The maximum Gasteiger partial charge on any atom is 0.241 e. The standard InChI is InChI=1S/C20H22ClN3O2S/c1-14(2)15-6-10-18(11-7-15)27(25,26)23-19(20-22-12-13-24(20)3)16-4-8-17(21)9-5-16/h4-14,19,23H,1-3H3. The second-order valence-electron chi connectivity index (χ2n) is 6.73. The van der Waals surface area contributed by atoms with Gasteiger partial charge in [-0.1, -0.05) is 49.7 Å². The Morgan fingerprint density at radius 3 is 2.11 bits per heavy atom. The van der Waals surface area contributed by atoms with Crippen LogP contribution in [-0.2, 0) is 17.1 Å². The zero-order valence-electron chi connectivity index (χ0n) is 15.4. The summed E-state index contributed by atoms with van der Waals surface area (Å²) in [7, 11) is -1.91. The molecule has 3 aromatic rings. The predicted octanol–water partition coefficient (Wildman–Crippen LogP) is 4.26. The van der Waals surface area contributed by atoms with Crippen LogP contribution in [0, 0.1) is 0 Å². The van der Waals surface area contributed by atoms with Crippen LogP contribution < -0.4 is 4.72 Å². The highest BCUT2D eigenvalue weighted by molar-refractivity contribution is 7.89. The molecule has 1 heterocycles. The lowest BCUT2D eigenvalue weighted by atomic mass is 10.0. The van der Waals surface area contributed by atoms with Gasteiger partial charge in [0.05, 0.1) is 4.90 Å². The van der Waals surface area contributed by atoms with E-state index in [0.29, 0.717) is 16.8 Å². The number of aryl methyl sites for hydroxylation is 1. The number of hydrogen-bond acceptors (Lipinski definition) is 3. The molecule has 0 aliphatic heterocycles. The van der Waals surface area contributed by atoms with Crippen molar-refractivity contribution in [3.8, 4) is 0 Å². The van der Waals surface area contributed by atoms with Crippen LogP contribution in [0.5, 0.6) is 0 Å². The first-order valence-electron chi connectivity index (χ1n) is 8.63. The number of rotatable bonds is 6. The fourth-order valence-corrected chi connectivity index (χ4v) is 4.14. The summed E-state index contributed by atoms with van der Waals surface area (Å²) in [5.41, 5.74) is 1.85. The monoisotopic (exact) mass is 403 g/mol. The van der Waals surface area contributed by atoms with Crippen molar-refractivity contribution < 1.29 is 8.42 Å². The highest BCUT2D eigenvalue weighted by atomic mass is 35.5. The Hall–Kier alpha value is -2.15. The first kappa shape index (κ1) is 19.6. The summed E-state index contributed by atoms with van der Waals surface area (Å²) < 4.78 is 30.6. The molecule has 1 atom stereocenters. The van der Waals surface area contributed by atoms with Crippen LogP contribution in [0.4, 0.5) is 0 Å². The molecule has 5 nitrogen and oxygen atoms in total. The molecule has 0 bridgehead atoms. The average Bonchev–Trinajstić information content (AvgIpc) is 3.06. The van der Waals surface area contributed by atoms with E-state index in [1.54, 1.807) is 53.4 Å². The first-order valence-corrected chi connectivity index (χ1v) is 10.5. The number of nitrogens with zero attached hydrogens (tertiary/aromatic N) is 2. The number of benzene rings is 2. The largest absolute Gasteiger partial charge is 0.336 e. The Bertz CT molecular complexity index is 1010. The molecule has 0 fully saturated rings. The lowest BCUT2D eigenvalue weighted by Crippen LogP contribution is -2.31. The van der Waals surface area contributed by atoms with E-state index in [-0.39, 0.29) is 4.90 Å². The molecule has 1 aromatic heterocycles. The predicted molar refractivity (Wildman–Crippen MR) is 107 cm³/mol. The molecule has 0 spiro atoms. The average molecular weight is 404 g/mol. The van der Waals surface area contributed by atoms with E-state index in [1.165, 1.54) is 0 Å². The molecule has 1 unspecified atom stereocenters. The van der Waals surface area contributed by atoms with E-state index in [2.05, 4.69) is 23.6 Å². The minimum Gasteiger partial charge on any atom is -0.336 e. The van der Waals surface area contributed by atoms with Gasteiger partial charge in [-0.3, -0.25) is 0 Å². The fourth-order valence-electron chi connectivity index (χ4n) is 2.84. The summed E-state index contributed by atoms with van der Waals surface area (Å²) in [6.07, 6.45) is 3.42. The maximum atomic E-state index is 13.0. The van der Waals surface area contributed by atoms with Gasteiger partial charge in [-0.2, -0.15) is 4.72 Å². The van der Waals surface area contributed by atoms with Crippen molar-refractivity contribution >= 4 is 21.6 Å². The molecule has 142 valence electrons. The molecule has 27 heavy (non-hydrogen) atoms. The Kier molecular flexibility index (Phi) is 5.69. The second-order valence-corrected chi connectivity index (χ2v) is 8.88. The van der Waals surface area contributed by atoms with E-state index in [9.17, 15) is 8.42 Å². The van der Waals surface area contributed by atoms with Gasteiger partial charge in [0.15, 0.2) is 0 Å². The summed E-state index contributed by atoms with van der Waals surface area (Å²) in [6, 6.07) is 13.4. The third-order valence-corrected chi connectivity index (χ3v) is 6.14. The number of imidazole rings is 1. The zero-order chi connectivity index (χ0) is 19.6. The van der Waals surface area contributed by atoms with Crippen molar-refractivity contribution in [2.24, 2.45) is 7.05 Å². The first-order chi connectivity index (χ1) is 12.8. The van der Waals surface area contributed by atoms with Crippen LogP contribution >= 0.6 is 11.6 Å². The van der Waals surface area contributed by atoms with Gasteiger partial charge in [0.25, 0.3) is 0 Å². The van der Waals surface area contributed by atoms with Gasteiger partial charge in [-0.25, -0.2) is 13.4 Å². The topological polar surface area (TPSA) is 64.0 Å². The number of halogens is 1. The molecule has 3 rings (SSSR count). The molecule has 0 radical (unpaired) electrons. The van der Waals surface area contributed by atoms with Crippen LogP contribution in [0.1, 0.15) is 42.8 Å². The van der Waals surface area contributed by atoms with E-state index < -0.39 is 16.1 Å². The highest BCUT2D eigenvalue weighted by Gasteiger charge is 2.25. The van der Waals surface area contributed by atoms with Crippen LogP contribution in [0.3, 0.4) is 0 Å². The zero-order valence-corrected chi connectivity index (χ0v) is 17.0. The smallest absolute Gasteiger partial charge is 0.241 e. The molecule has 7 heteroatoms. The van der Waals surface area contributed by atoms with Gasteiger partial charge >= 0.3 is 0 Å². The van der Waals surface area contributed by atoms with E-state index in [1.807, 2.05) is 19.2 Å². The van der Waals surface area contributed by atoms with Gasteiger partial charge in [-0.15, -0.1) is 0 Å². The molecule has 0 amide bonds. The number of hydrogen-bond donors (Lipinski definition) is 1. The summed E-state index contributed by atoms with van der Waals surface area (Å²) in [6.45, 7) is 4.14. The highest BCUT2D eigenvalue weighted by Crippen LogP contribution is 2.25. The van der Waals surface area contributed by atoms with Crippen LogP contribution in [0.15, 0.2) is 65.8 Å². The normalized spacial score (nSPS) is 13.1. The molecule has 2 aromatic carbocycles. The van der Waals surface area contributed by atoms with Crippen LogP contribution in [0.2, 0.25) is 5.02 Å². The van der Waals surface area contributed by atoms with E-state index in [0.717, 1.165) is 11.1 Å². The summed E-state index contributed by atoms with van der Waals surface area (Å²) >= 11 is 5.98. The van der Waals surface area contributed by atoms with E-state index in [4.69, 9.17) is 11.6 Å². The van der Waals surface area contributed by atoms with Crippen molar-refractivity contribution in [2.45, 2.75) is 30.7 Å². The minimum atomic E-state index is -3.74. The van der Waals surface area contributed by atoms with Gasteiger partial charge < -0.3 is 4.57 Å². The molecular formula is C20H22ClN3O2S. The number of sulfonamides is 1. The summed E-state index contributed by atoms with van der Waals surface area (Å²) in [5, 5.41) is 0.587. The van der Waals surface area contributed by atoms with Gasteiger partial charge in [0.2, 0.25) is 10.0 Å². The molecule has 1 N–H and O–H groups in total. The Labute approximate surface area is 165 Å². The fraction of sp³-hybridized carbons (Fsp3) is 0.250. The van der Waals surface area contributed by atoms with Crippen molar-refractivity contribution in [3.05, 3.63) is 82.9 Å². The SMILES string of the molecule is CC(C)c1ccc(S(=O)(=O)NC(c2ccc(Cl)cc2)c2nccn2C)cc1. The molecule has 0 aliphatic rings. The van der Waals surface area contributed by atoms with Crippen molar-refractivity contribution in [1.82, 2.24) is 14.3 Å². The molecule has 0 saturated heterocycles. The molecule has 0 aliphatic carbocycles. The third kappa shape index (κ3) is 4.40. The summed E-state index contributed by atoms with van der Waals surface area (Å²) in [5.74, 6) is 0.934. The lowest BCUT2D eigenvalue weighted by molar-refractivity contribution is 0.563. The number of nitrogens with one attached hydrogen (secondary N) is 1. The molecular weight excluding hydrogens is 382 g/mol. The Morgan fingerprint density at radius 2 is 1.59 bits per heavy atom. The maximum absolute atomic E-state index is 13.0. The van der Waals surface area contributed by atoms with Gasteiger partial charge in [-0.05, 0) is 41.3 Å². The van der Waals surface area contributed by atoms with Crippen molar-refractivity contribution in [3.63, 3.8) is 0 Å². The van der Waals surface area contributed by atoms with Crippen LogP contribution in [-0.4, -0.2) is 18.0 Å². The Morgan fingerprint density at radius 1 is 1.00 bits per heavy atom. The lowest BCUT2D eigenvalue weighted by Gasteiger charge is -2.19. The molecule has 0 saturated carbocycles.